The number of rotatable bonds is 6. The van der Waals surface area contributed by atoms with Gasteiger partial charge in [0.2, 0.25) is 5.91 Å². The molecular formula is C24H27N3O4S. The molecule has 3 aromatic rings. The molecular weight excluding hydrogens is 426 g/mol. The molecule has 168 valence electrons. The molecule has 1 aliphatic rings. The molecule has 0 fully saturated rings. The molecule has 0 spiro atoms. The Hall–Kier alpha value is -3.13. The number of fused-ring (bicyclic) bond motifs is 1. The van der Waals surface area contributed by atoms with Crippen molar-refractivity contribution in [2.45, 2.75) is 51.0 Å². The Labute approximate surface area is 188 Å². The van der Waals surface area contributed by atoms with E-state index in [-0.39, 0.29) is 34.8 Å². The summed E-state index contributed by atoms with van der Waals surface area (Å²) in [6.07, 6.45) is 2.78. The highest BCUT2D eigenvalue weighted by Gasteiger charge is 2.33. The zero-order valence-corrected chi connectivity index (χ0v) is 19.3. The zero-order valence-electron chi connectivity index (χ0n) is 18.5. The maximum Gasteiger partial charge on any atom is 0.270 e. The highest BCUT2D eigenvalue weighted by atomic mass is 32.2. The van der Waals surface area contributed by atoms with Gasteiger partial charge in [-0.05, 0) is 63.3 Å². The number of carbonyl (C=O) groups is 1. The first-order valence-corrected chi connectivity index (χ1v) is 12.1. The van der Waals surface area contributed by atoms with Crippen LogP contribution in [0.1, 0.15) is 47.0 Å². The molecule has 0 bridgehead atoms. The molecule has 1 N–H and O–H groups in total. The van der Waals surface area contributed by atoms with E-state index in [1.807, 2.05) is 37.3 Å². The van der Waals surface area contributed by atoms with E-state index in [1.165, 1.54) is 5.56 Å². The van der Waals surface area contributed by atoms with Crippen LogP contribution in [0, 0.1) is 20.8 Å². The molecule has 1 aliphatic carbocycles. The number of aryl methyl sites for hydroxylation is 4. The van der Waals surface area contributed by atoms with Gasteiger partial charge in [-0.1, -0.05) is 47.1 Å². The highest BCUT2D eigenvalue weighted by Crippen LogP contribution is 2.31. The maximum atomic E-state index is 13.6. The van der Waals surface area contributed by atoms with Crippen LogP contribution < -0.4 is 9.62 Å². The van der Waals surface area contributed by atoms with E-state index < -0.39 is 10.0 Å². The molecule has 8 heteroatoms. The Balaban J connectivity index is 1.64. The van der Waals surface area contributed by atoms with Crippen molar-refractivity contribution < 1.29 is 17.7 Å². The van der Waals surface area contributed by atoms with Gasteiger partial charge in [0.05, 0.1) is 11.7 Å². The minimum absolute atomic E-state index is 0.00566. The smallest absolute Gasteiger partial charge is 0.270 e. The van der Waals surface area contributed by atoms with Gasteiger partial charge in [-0.25, -0.2) is 8.42 Å². The van der Waals surface area contributed by atoms with E-state index in [0.29, 0.717) is 5.69 Å². The number of sulfonamides is 1. The largest absolute Gasteiger partial charge is 0.360 e. The number of amides is 1. The van der Waals surface area contributed by atoms with E-state index in [0.717, 1.165) is 34.7 Å². The summed E-state index contributed by atoms with van der Waals surface area (Å²) in [5, 5.41) is 6.84. The predicted octanol–water partition coefficient (Wildman–Crippen LogP) is 3.99. The molecule has 1 unspecified atom stereocenters. The monoisotopic (exact) mass is 453 g/mol. The summed E-state index contributed by atoms with van der Waals surface area (Å²) in [7, 11) is -4.07. The number of nitrogens with one attached hydrogen (secondary N) is 1. The summed E-state index contributed by atoms with van der Waals surface area (Å²) >= 11 is 0. The average Bonchev–Trinajstić information content (AvgIpc) is 3.12. The minimum atomic E-state index is -4.07. The fraction of sp³-hybridized carbons (Fsp3) is 0.333. The number of aromatic nitrogens is 1. The summed E-state index contributed by atoms with van der Waals surface area (Å²) in [6, 6.07) is 15.0. The number of hydrogen-bond acceptors (Lipinski definition) is 5. The van der Waals surface area contributed by atoms with Crippen LogP contribution in [-0.4, -0.2) is 26.0 Å². The van der Waals surface area contributed by atoms with Crippen LogP contribution in [0.2, 0.25) is 0 Å². The van der Waals surface area contributed by atoms with E-state index >= 15 is 0 Å². The first-order valence-electron chi connectivity index (χ1n) is 10.7. The highest BCUT2D eigenvalue weighted by molar-refractivity contribution is 7.93. The first kappa shape index (κ1) is 22.1. The van der Waals surface area contributed by atoms with Gasteiger partial charge in [0.1, 0.15) is 12.2 Å². The van der Waals surface area contributed by atoms with E-state index in [1.54, 1.807) is 26.0 Å². The van der Waals surface area contributed by atoms with Gasteiger partial charge in [0.25, 0.3) is 10.0 Å². The predicted molar refractivity (Wildman–Crippen MR) is 122 cm³/mol. The SMILES string of the molecule is Cc1ccc(N(CC(=O)NC2CCCc3ccccc32)S(=O)(=O)c2c(C)noc2C)cc1. The lowest BCUT2D eigenvalue weighted by Gasteiger charge is -2.28. The van der Waals surface area contributed by atoms with Crippen LogP contribution in [0.4, 0.5) is 5.69 Å². The van der Waals surface area contributed by atoms with Crippen molar-refractivity contribution in [3.05, 3.63) is 76.7 Å². The number of carbonyl (C=O) groups excluding carboxylic acids is 1. The second kappa shape index (κ2) is 8.78. The fourth-order valence-electron chi connectivity index (χ4n) is 4.25. The molecule has 7 nitrogen and oxygen atoms in total. The van der Waals surface area contributed by atoms with Crippen LogP contribution in [0.25, 0.3) is 0 Å². The summed E-state index contributed by atoms with van der Waals surface area (Å²) in [5.74, 6) is -0.163. The van der Waals surface area contributed by atoms with Crippen molar-refractivity contribution >= 4 is 21.6 Å². The summed E-state index contributed by atoms with van der Waals surface area (Å²) < 4.78 is 33.4. The van der Waals surface area contributed by atoms with E-state index in [4.69, 9.17) is 4.52 Å². The van der Waals surface area contributed by atoms with Gasteiger partial charge < -0.3 is 9.84 Å². The van der Waals surface area contributed by atoms with Crippen molar-refractivity contribution in [2.24, 2.45) is 0 Å². The number of benzene rings is 2. The number of nitrogens with zero attached hydrogens (tertiary/aromatic N) is 2. The van der Waals surface area contributed by atoms with Gasteiger partial charge in [-0.2, -0.15) is 0 Å². The van der Waals surface area contributed by atoms with Crippen molar-refractivity contribution in [1.82, 2.24) is 10.5 Å². The topological polar surface area (TPSA) is 92.5 Å². The van der Waals surface area contributed by atoms with Crippen molar-refractivity contribution in [3.63, 3.8) is 0 Å². The molecule has 0 saturated carbocycles. The molecule has 1 amide bonds. The van der Waals surface area contributed by atoms with Crippen LogP contribution in [0.3, 0.4) is 0 Å². The lowest BCUT2D eigenvalue weighted by atomic mass is 9.88. The van der Waals surface area contributed by atoms with Crippen molar-refractivity contribution in [1.29, 1.82) is 0 Å². The molecule has 1 aromatic heterocycles. The van der Waals surface area contributed by atoms with Gasteiger partial charge in [-0.3, -0.25) is 9.10 Å². The second-order valence-corrected chi connectivity index (χ2v) is 10.0. The molecule has 4 rings (SSSR count). The Morgan fingerprint density at radius 2 is 1.84 bits per heavy atom. The third kappa shape index (κ3) is 4.27. The average molecular weight is 454 g/mol. The zero-order chi connectivity index (χ0) is 22.9. The van der Waals surface area contributed by atoms with Gasteiger partial charge in [0, 0.05) is 0 Å². The summed E-state index contributed by atoms with van der Waals surface area (Å²) in [5.41, 5.74) is 3.99. The Morgan fingerprint density at radius 1 is 1.12 bits per heavy atom. The summed E-state index contributed by atoms with van der Waals surface area (Å²) in [4.78, 5) is 13.1. The van der Waals surface area contributed by atoms with Gasteiger partial charge in [-0.15, -0.1) is 0 Å². The molecule has 1 atom stereocenters. The Bertz CT molecular complexity index is 1210. The van der Waals surface area contributed by atoms with E-state index in [9.17, 15) is 13.2 Å². The molecule has 1 heterocycles. The van der Waals surface area contributed by atoms with Crippen LogP contribution in [0.5, 0.6) is 0 Å². The lowest BCUT2D eigenvalue weighted by molar-refractivity contribution is -0.120. The van der Waals surface area contributed by atoms with Gasteiger partial charge >= 0.3 is 0 Å². The number of hydrogen-bond donors (Lipinski definition) is 1. The minimum Gasteiger partial charge on any atom is -0.360 e. The molecule has 0 saturated heterocycles. The van der Waals surface area contributed by atoms with Crippen LogP contribution in [0.15, 0.2) is 57.9 Å². The third-order valence-electron chi connectivity index (χ3n) is 5.83. The van der Waals surface area contributed by atoms with E-state index in [2.05, 4.69) is 16.5 Å². The Morgan fingerprint density at radius 3 is 2.53 bits per heavy atom. The normalized spacial score (nSPS) is 15.8. The molecule has 0 aliphatic heterocycles. The van der Waals surface area contributed by atoms with Crippen LogP contribution >= 0.6 is 0 Å². The fourth-order valence-corrected chi connectivity index (χ4v) is 5.97. The van der Waals surface area contributed by atoms with Crippen molar-refractivity contribution in [2.75, 3.05) is 10.8 Å². The summed E-state index contributed by atoms with van der Waals surface area (Å²) in [6.45, 7) is 4.72. The first-order chi connectivity index (χ1) is 15.3. The molecule has 2 aromatic carbocycles. The number of anilines is 1. The second-order valence-electron chi connectivity index (χ2n) is 8.21. The standard InChI is InChI=1S/C24H27N3O4S/c1-16-11-13-20(14-12-16)27(32(29,30)24-17(2)26-31-18(24)3)15-23(28)25-22-10-6-8-19-7-4-5-9-21(19)22/h4-5,7,9,11-14,22H,6,8,10,15H2,1-3H3,(H,25,28). The van der Waals surface area contributed by atoms with Crippen LogP contribution in [-0.2, 0) is 21.2 Å². The van der Waals surface area contributed by atoms with Crippen molar-refractivity contribution in [3.8, 4) is 0 Å². The lowest BCUT2D eigenvalue weighted by Crippen LogP contribution is -2.42. The molecule has 0 radical (unpaired) electrons. The molecule has 32 heavy (non-hydrogen) atoms. The quantitative estimate of drug-likeness (QED) is 0.609. The van der Waals surface area contributed by atoms with Gasteiger partial charge in [0.15, 0.2) is 10.7 Å². The maximum absolute atomic E-state index is 13.6. The third-order valence-corrected chi connectivity index (χ3v) is 7.85. The Kier molecular flexibility index (Phi) is 6.06.